The van der Waals surface area contributed by atoms with Crippen molar-refractivity contribution in [2.75, 3.05) is 0 Å². The maximum absolute atomic E-state index is 12.8. The number of rotatable bonds is 9. The lowest BCUT2D eigenvalue weighted by Gasteiger charge is -2.20. The van der Waals surface area contributed by atoms with E-state index in [-0.39, 0.29) is 30.9 Å². The molecule has 0 fully saturated rings. The third kappa shape index (κ3) is 6.58. The molecule has 5 N–H and O–H groups in total. The summed E-state index contributed by atoms with van der Waals surface area (Å²) in [7, 11) is 0. The standard InChI is InChI=1S/C25H26N2O5/c26-20(13-19-11-12-22(28)23(29)15-19)24(30)27-21(14-17-7-3-1-4-8-17)25(31)32-16-18-9-5-2-6-10-18/h1-12,15,20-21,28-29H,13-14,16,26H2,(H,27,30)/t20-,21-/m0/s1. The average molecular weight is 434 g/mol. The molecule has 0 radical (unpaired) electrons. The maximum atomic E-state index is 12.8. The Labute approximate surface area is 186 Å². The monoisotopic (exact) mass is 434 g/mol. The third-order valence-electron chi connectivity index (χ3n) is 4.94. The first-order valence-electron chi connectivity index (χ1n) is 10.2. The normalized spacial score (nSPS) is 12.5. The van der Waals surface area contributed by atoms with Crippen molar-refractivity contribution in [1.29, 1.82) is 0 Å². The number of carbonyl (C=O) groups excluding carboxylic acids is 2. The van der Waals surface area contributed by atoms with Crippen LogP contribution in [0.3, 0.4) is 0 Å². The summed E-state index contributed by atoms with van der Waals surface area (Å²) < 4.78 is 5.43. The van der Waals surface area contributed by atoms with Crippen molar-refractivity contribution in [2.24, 2.45) is 5.73 Å². The van der Waals surface area contributed by atoms with Crippen LogP contribution in [0.5, 0.6) is 11.5 Å². The Bertz CT molecular complexity index is 1040. The Morgan fingerprint density at radius 1 is 0.812 bits per heavy atom. The molecule has 0 heterocycles. The smallest absolute Gasteiger partial charge is 0.329 e. The minimum absolute atomic E-state index is 0.0969. The Morgan fingerprint density at radius 3 is 2.06 bits per heavy atom. The summed E-state index contributed by atoms with van der Waals surface area (Å²) in [5.41, 5.74) is 8.32. The zero-order valence-electron chi connectivity index (χ0n) is 17.5. The van der Waals surface area contributed by atoms with E-state index in [0.29, 0.717) is 5.56 Å². The fraction of sp³-hybridized carbons (Fsp3) is 0.200. The van der Waals surface area contributed by atoms with E-state index in [2.05, 4.69) is 5.32 Å². The first-order chi connectivity index (χ1) is 15.4. The van der Waals surface area contributed by atoms with Crippen LogP contribution in [0.25, 0.3) is 0 Å². The molecular formula is C25H26N2O5. The number of nitrogens with one attached hydrogen (secondary N) is 1. The zero-order chi connectivity index (χ0) is 22.9. The van der Waals surface area contributed by atoms with Crippen molar-refractivity contribution in [1.82, 2.24) is 5.32 Å². The number of carbonyl (C=O) groups is 2. The number of phenolic OH excluding ortho intramolecular Hbond substituents is 2. The minimum atomic E-state index is -0.959. The number of phenols is 2. The lowest BCUT2D eigenvalue weighted by Crippen LogP contribution is -2.50. The zero-order valence-corrected chi connectivity index (χ0v) is 17.5. The fourth-order valence-electron chi connectivity index (χ4n) is 3.19. The summed E-state index contributed by atoms with van der Waals surface area (Å²) in [6.07, 6.45) is 0.379. The van der Waals surface area contributed by atoms with Crippen molar-refractivity contribution in [3.8, 4) is 11.5 Å². The van der Waals surface area contributed by atoms with Crippen LogP contribution in [0, 0.1) is 0 Å². The molecule has 0 aromatic heterocycles. The average Bonchev–Trinajstić information content (AvgIpc) is 2.80. The van der Waals surface area contributed by atoms with Crippen molar-refractivity contribution in [3.63, 3.8) is 0 Å². The summed E-state index contributed by atoms with van der Waals surface area (Å²) in [5, 5.41) is 21.8. The molecule has 0 bridgehead atoms. The molecule has 0 saturated heterocycles. The van der Waals surface area contributed by atoms with E-state index in [1.807, 2.05) is 60.7 Å². The van der Waals surface area contributed by atoms with Gasteiger partial charge in [-0.25, -0.2) is 4.79 Å². The second-order valence-electron chi connectivity index (χ2n) is 7.48. The van der Waals surface area contributed by atoms with Crippen molar-refractivity contribution < 1.29 is 24.5 Å². The van der Waals surface area contributed by atoms with Gasteiger partial charge in [-0.1, -0.05) is 66.7 Å². The largest absolute Gasteiger partial charge is 0.504 e. The highest BCUT2D eigenvalue weighted by Crippen LogP contribution is 2.25. The van der Waals surface area contributed by atoms with Gasteiger partial charge in [0.05, 0.1) is 6.04 Å². The van der Waals surface area contributed by atoms with Gasteiger partial charge in [0.2, 0.25) is 5.91 Å². The summed E-state index contributed by atoms with van der Waals surface area (Å²) in [6, 6.07) is 21.0. The number of ether oxygens (including phenoxy) is 1. The Morgan fingerprint density at radius 2 is 1.44 bits per heavy atom. The summed E-state index contributed by atoms with van der Waals surface area (Å²) >= 11 is 0. The molecule has 0 aliphatic heterocycles. The topological polar surface area (TPSA) is 122 Å². The lowest BCUT2D eigenvalue weighted by molar-refractivity contribution is -0.149. The summed E-state index contributed by atoms with van der Waals surface area (Å²) in [6.45, 7) is 0.0969. The van der Waals surface area contributed by atoms with Gasteiger partial charge in [0.25, 0.3) is 0 Å². The first kappa shape index (κ1) is 22.8. The van der Waals surface area contributed by atoms with Gasteiger partial charge in [0.15, 0.2) is 11.5 Å². The number of nitrogens with two attached hydrogens (primary N) is 1. The van der Waals surface area contributed by atoms with E-state index in [9.17, 15) is 19.8 Å². The van der Waals surface area contributed by atoms with E-state index < -0.39 is 24.0 Å². The molecule has 3 aromatic rings. The molecule has 2 atom stereocenters. The third-order valence-corrected chi connectivity index (χ3v) is 4.94. The number of hydrogen-bond acceptors (Lipinski definition) is 6. The van der Waals surface area contributed by atoms with Gasteiger partial charge in [-0.3, -0.25) is 4.79 Å². The maximum Gasteiger partial charge on any atom is 0.329 e. The van der Waals surface area contributed by atoms with E-state index >= 15 is 0 Å². The van der Waals surface area contributed by atoms with Crippen LogP contribution in [0.2, 0.25) is 0 Å². The van der Waals surface area contributed by atoms with Gasteiger partial charge in [-0.15, -0.1) is 0 Å². The number of benzene rings is 3. The Balaban J connectivity index is 1.66. The molecule has 32 heavy (non-hydrogen) atoms. The molecule has 3 aromatic carbocycles. The predicted molar refractivity (Wildman–Crippen MR) is 120 cm³/mol. The molecule has 0 spiro atoms. The fourth-order valence-corrected chi connectivity index (χ4v) is 3.19. The van der Waals surface area contributed by atoms with Crippen molar-refractivity contribution >= 4 is 11.9 Å². The van der Waals surface area contributed by atoms with Gasteiger partial charge in [-0.2, -0.15) is 0 Å². The molecule has 166 valence electrons. The van der Waals surface area contributed by atoms with Crippen LogP contribution in [-0.2, 0) is 33.8 Å². The van der Waals surface area contributed by atoms with Gasteiger partial charge >= 0.3 is 5.97 Å². The van der Waals surface area contributed by atoms with Crippen LogP contribution < -0.4 is 11.1 Å². The van der Waals surface area contributed by atoms with E-state index in [1.165, 1.54) is 12.1 Å². The summed E-state index contributed by atoms with van der Waals surface area (Å²) in [5.74, 6) is -1.62. The van der Waals surface area contributed by atoms with Crippen molar-refractivity contribution in [2.45, 2.75) is 31.5 Å². The number of amides is 1. The first-order valence-corrected chi connectivity index (χ1v) is 10.2. The molecule has 3 rings (SSSR count). The molecule has 0 unspecified atom stereocenters. The highest BCUT2D eigenvalue weighted by atomic mass is 16.5. The second-order valence-corrected chi connectivity index (χ2v) is 7.48. The van der Waals surface area contributed by atoms with E-state index in [1.54, 1.807) is 6.07 Å². The molecular weight excluding hydrogens is 408 g/mol. The van der Waals surface area contributed by atoms with Crippen LogP contribution in [0.1, 0.15) is 16.7 Å². The number of aromatic hydroxyl groups is 2. The highest BCUT2D eigenvalue weighted by molar-refractivity contribution is 5.87. The van der Waals surface area contributed by atoms with Gasteiger partial charge in [0, 0.05) is 6.42 Å². The molecule has 1 amide bonds. The van der Waals surface area contributed by atoms with Crippen LogP contribution in [0.15, 0.2) is 78.9 Å². The van der Waals surface area contributed by atoms with Crippen molar-refractivity contribution in [3.05, 3.63) is 95.6 Å². The van der Waals surface area contributed by atoms with Crippen LogP contribution in [0.4, 0.5) is 0 Å². The molecule has 0 aliphatic rings. The predicted octanol–water partition coefficient (Wildman–Crippen LogP) is 2.44. The molecule has 7 nitrogen and oxygen atoms in total. The molecule has 0 aliphatic carbocycles. The SMILES string of the molecule is N[C@@H](Cc1ccc(O)c(O)c1)C(=O)N[C@@H](Cc1ccccc1)C(=O)OCc1ccccc1. The van der Waals surface area contributed by atoms with E-state index in [0.717, 1.165) is 11.1 Å². The van der Waals surface area contributed by atoms with Gasteiger partial charge < -0.3 is 26.0 Å². The van der Waals surface area contributed by atoms with Crippen LogP contribution >= 0.6 is 0 Å². The Hall–Kier alpha value is -3.84. The lowest BCUT2D eigenvalue weighted by atomic mass is 10.0. The number of esters is 1. The molecule has 7 heteroatoms. The minimum Gasteiger partial charge on any atom is -0.504 e. The molecule has 0 saturated carbocycles. The van der Waals surface area contributed by atoms with Crippen LogP contribution in [-0.4, -0.2) is 34.2 Å². The number of hydrogen-bond donors (Lipinski definition) is 4. The van der Waals surface area contributed by atoms with Gasteiger partial charge in [0.1, 0.15) is 12.6 Å². The summed E-state index contributed by atoms with van der Waals surface area (Å²) in [4.78, 5) is 25.5. The van der Waals surface area contributed by atoms with E-state index in [4.69, 9.17) is 10.5 Å². The second kappa shape index (κ2) is 11.0. The highest BCUT2D eigenvalue weighted by Gasteiger charge is 2.26. The Kier molecular flexibility index (Phi) is 7.83. The quantitative estimate of drug-likeness (QED) is 0.303. The van der Waals surface area contributed by atoms with Gasteiger partial charge in [-0.05, 0) is 35.2 Å².